The highest BCUT2D eigenvalue weighted by Gasteiger charge is 2.23. The molecule has 1 aliphatic carbocycles. The average molecular weight is 247 g/mol. The van der Waals surface area contributed by atoms with Crippen LogP contribution in [0.5, 0.6) is 0 Å². The van der Waals surface area contributed by atoms with Crippen LogP contribution in [0.15, 0.2) is 18.3 Å². The van der Waals surface area contributed by atoms with Gasteiger partial charge in [0.1, 0.15) is 0 Å². The van der Waals surface area contributed by atoms with Gasteiger partial charge in [0.25, 0.3) is 0 Å². The van der Waals surface area contributed by atoms with E-state index in [1.54, 1.807) is 0 Å². The van der Waals surface area contributed by atoms with Crippen LogP contribution in [0.3, 0.4) is 0 Å². The van der Waals surface area contributed by atoms with E-state index in [9.17, 15) is 0 Å². The topological polar surface area (TPSA) is 42.2 Å². The maximum Gasteiger partial charge on any atom is 0.0573 e. The number of nitrogens with zero attached hydrogens (tertiary/aromatic N) is 2. The summed E-state index contributed by atoms with van der Waals surface area (Å²) in [6.45, 7) is 6.46. The van der Waals surface area contributed by atoms with E-state index in [0.717, 1.165) is 13.1 Å². The van der Waals surface area contributed by atoms with Crippen molar-refractivity contribution in [3.63, 3.8) is 0 Å². The second-order valence-electron chi connectivity index (χ2n) is 5.40. The van der Waals surface area contributed by atoms with Crippen LogP contribution < -0.4 is 5.73 Å². The number of pyridine rings is 1. The molecule has 0 radical (unpaired) electrons. The van der Waals surface area contributed by atoms with Crippen LogP contribution in [-0.2, 0) is 6.54 Å². The highest BCUT2D eigenvalue weighted by atomic mass is 15.2. The van der Waals surface area contributed by atoms with Crippen LogP contribution in [0, 0.1) is 6.92 Å². The lowest BCUT2D eigenvalue weighted by Crippen LogP contribution is -2.40. The summed E-state index contributed by atoms with van der Waals surface area (Å²) in [5.41, 5.74) is 8.50. The highest BCUT2D eigenvalue weighted by Crippen LogP contribution is 2.23. The number of aryl methyl sites for hydroxylation is 1. The van der Waals surface area contributed by atoms with Gasteiger partial charge in [-0.25, -0.2) is 0 Å². The molecule has 1 saturated carbocycles. The van der Waals surface area contributed by atoms with E-state index in [2.05, 4.69) is 29.8 Å². The molecule has 1 fully saturated rings. The van der Waals surface area contributed by atoms with Crippen molar-refractivity contribution in [1.29, 1.82) is 0 Å². The first kappa shape index (κ1) is 13.5. The summed E-state index contributed by atoms with van der Waals surface area (Å²) in [6, 6.07) is 5.27. The molecule has 0 spiro atoms. The van der Waals surface area contributed by atoms with Crippen LogP contribution in [0.1, 0.15) is 43.9 Å². The standard InChI is InChI=1S/C15H25N3/c1-3-18(14-8-6-13(16)7-9-14)11-15-12(2)5-4-10-17-15/h4-5,10,13-14H,3,6-9,11,16H2,1-2H3. The molecule has 2 N–H and O–H groups in total. The smallest absolute Gasteiger partial charge is 0.0573 e. The van der Waals surface area contributed by atoms with Gasteiger partial charge in [-0.2, -0.15) is 0 Å². The third-order valence-corrected chi connectivity index (χ3v) is 4.13. The number of aromatic nitrogens is 1. The van der Waals surface area contributed by atoms with Gasteiger partial charge in [0, 0.05) is 24.8 Å². The van der Waals surface area contributed by atoms with Gasteiger partial charge in [0.2, 0.25) is 0 Å². The lowest BCUT2D eigenvalue weighted by Gasteiger charge is -2.35. The normalized spacial score (nSPS) is 24.4. The Morgan fingerprint density at radius 2 is 2.06 bits per heavy atom. The zero-order chi connectivity index (χ0) is 13.0. The Morgan fingerprint density at radius 3 is 2.67 bits per heavy atom. The molecule has 0 aromatic carbocycles. The summed E-state index contributed by atoms with van der Waals surface area (Å²) in [7, 11) is 0. The minimum Gasteiger partial charge on any atom is -0.328 e. The molecule has 1 aliphatic rings. The van der Waals surface area contributed by atoms with E-state index < -0.39 is 0 Å². The van der Waals surface area contributed by atoms with Crippen LogP contribution in [0.4, 0.5) is 0 Å². The van der Waals surface area contributed by atoms with Crippen LogP contribution in [-0.4, -0.2) is 28.5 Å². The highest BCUT2D eigenvalue weighted by molar-refractivity contribution is 5.17. The van der Waals surface area contributed by atoms with Crippen molar-refractivity contribution in [3.05, 3.63) is 29.6 Å². The molecule has 100 valence electrons. The van der Waals surface area contributed by atoms with Gasteiger partial charge in [0.05, 0.1) is 5.69 Å². The molecule has 2 rings (SSSR count). The maximum absolute atomic E-state index is 5.98. The predicted octanol–water partition coefficient (Wildman–Crippen LogP) is 2.48. The molecule has 0 amide bonds. The zero-order valence-corrected chi connectivity index (χ0v) is 11.6. The number of rotatable bonds is 4. The SMILES string of the molecule is CCN(Cc1ncccc1C)C1CCC(N)CC1. The quantitative estimate of drug-likeness (QED) is 0.889. The van der Waals surface area contributed by atoms with Crippen LogP contribution >= 0.6 is 0 Å². The molecule has 1 aromatic rings. The van der Waals surface area contributed by atoms with Crippen molar-refractivity contribution < 1.29 is 0 Å². The van der Waals surface area contributed by atoms with Crippen LogP contribution in [0.2, 0.25) is 0 Å². The summed E-state index contributed by atoms with van der Waals surface area (Å²) < 4.78 is 0. The van der Waals surface area contributed by atoms with E-state index >= 15 is 0 Å². The predicted molar refractivity (Wildman–Crippen MR) is 75.3 cm³/mol. The van der Waals surface area contributed by atoms with Gasteiger partial charge >= 0.3 is 0 Å². The Morgan fingerprint density at radius 1 is 1.33 bits per heavy atom. The van der Waals surface area contributed by atoms with Crippen molar-refractivity contribution in [2.45, 2.75) is 58.2 Å². The summed E-state index contributed by atoms with van der Waals surface area (Å²) in [5.74, 6) is 0. The Hall–Kier alpha value is -0.930. The Bertz CT molecular complexity index is 370. The lowest BCUT2D eigenvalue weighted by molar-refractivity contribution is 0.147. The third-order valence-electron chi connectivity index (χ3n) is 4.13. The van der Waals surface area contributed by atoms with Gasteiger partial charge < -0.3 is 5.73 Å². The van der Waals surface area contributed by atoms with Crippen molar-refractivity contribution in [3.8, 4) is 0 Å². The van der Waals surface area contributed by atoms with E-state index in [4.69, 9.17) is 5.73 Å². The number of hydrogen-bond acceptors (Lipinski definition) is 3. The molecule has 0 bridgehead atoms. The second-order valence-corrected chi connectivity index (χ2v) is 5.40. The lowest BCUT2D eigenvalue weighted by atomic mass is 9.90. The fourth-order valence-corrected chi connectivity index (χ4v) is 2.84. The van der Waals surface area contributed by atoms with Gasteiger partial charge in [-0.05, 0) is 50.8 Å². The minimum absolute atomic E-state index is 0.427. The first-order chi connectivity index (χ1) is 8.70. The monoisotopic (exact) mass is 247 g/mol. The van der Waals surface area contributed by atoms with Crippen LogP contribution in [0.25, 0.3) is 0 Å². The molecule has 1 aromatic heterocycles. The number of nitrogens with two attached hydrogens (primary N) is 1. The Kier molecular flexibility index (Phi) is 4.72. The Balaban J connectivity index is 1.99. The molecule has 0 aliphatic heterocycles. The molecule has 18 heavy (non-hydrogen) atoms. The second kappa shape index (κ2) is 6.30. The van der Waals surface area contributed by atoms with E-state index in [1.807, 2.05) is 12.3 Å². The number of hydrogen-bond donors (Lipinski definition) is 1. The van der Waals surface area contributed by atoms with Crippen molar-refractivity contribution in [2.24, 2.45) is 5.73 Å². The summed E-state index contributed by atoms with van der Waals surface area (Å²) in [6.07, 6.45) is 6.71. The summed E-state index contributed by atoms with van der Waals surface area (Å²) in [5, 5.41) is 0. The van der Waals surface area contributed by atoms with Gasteiger partial charge in [-0.15, -0.1) is 0 Å². The van der Waals surface area contributed by atoms with Gasteiger partial charge in [0.15, 0.2) is 0 Å². The molecule has 0 saturated heterocycles. The first-order valence-corrected chi connectivity index (χ1v) is 7.10. The van der Waals surface area contributed by atoms with E-state index in [-0.39, 0.29) is 0 Å². The third kappa shape index (κ3) is 3.30. The molecule has 0 atom stereocenters. The molecular weight excluding hydrogens is 222 g/mol. The Labute approximate surface area is 110 Å². The average Bonchev–Trinajstić information content (AvgIpc) is 2.39. The van der Waals surface area contributed by atoms with Crippen molar-refractivity contribution in [2.75, 3.05) is 6.54 Å². The van der Waals surface area contributed by atoms with Gasteiger partial charge in [-0.3, -0.25) is 9.88 Å². The minimum atomic E-state index is 0.427. The summed E-state index contributed by atoms with van der Waals surface area (Å²) in [4.78, 5) is 7.07. The molecule has 3 nitrogen and oxygen atoms in total. The largest absolute Gasteiger partial charge is 0.328 e. The van der Waals surface area contributed by atoms with Crippen molar-refractivity contribution >= 4 is 0 Å². The molecule has 0 unspecified atom stereocenters. The first-order valence-electron chi connectivity index (χ1n) is 7.10. The fraction of sp³-hybridized carbons (Fsp3) is 0.667. The van der Waals surface area contributed by atoms with Crippen molar-refractivity contribution in [1.82, 2.24) is 9.88 Å². The van der Waals surface area contributed by atoms with E-state index in [1.165, 1.54) is 36.9 Å². The van der Waals surface area contributed by atoms with E-state index in [0.29, 0.717) is 12.1 Å². The summed E-state index contributed by atoms with van der Waals surface area (Å²) >= 11 is 0. The zero-order valence-electron chi connectivity index (χ0n) is 11.6. The molecule has 1 heterocycles. The molecule has 3 heteroatoms. The molecular formula is C15H25N3. The van der Waals surface area contributed by atoms with Gasteiger partial charge in [-0.1, -0.05) is 13.0 Å². The maximum atomic E-state index is 5.98. The fourth-order valence-electron chi connectivity index (χ4n) is 2.84.